The number of anilines is 1. The van der Waals surface area contributed by atoms with Crippen LogP contribution in [-0.4, -0.2) is 34.8 Å². The van der Waals surface area contributed by atoms with E-state index in [9.17, 15) is 14.4 Å². The Bertz CT molecular complexity index is 693. The van der Waals surface area contributed by atoms with E-state index in [1.54, 1.807) is 0 Å². The molecule has 6 heteroatoms. The number of rotatable bonds is 3. The molecule has 4 amide bonds. The topological polar surface area (TPSA) is 78.5 Å². The van der Waals surface area contributed by atoms with Crippen molar-refractivity contribution in [3.63, 3.8) is 0 Å². The van der Waals surface area contributed by atoms with Crippen molar-refractivity contribution in [3.8, 4) is 0 Å². The summed E-state index contributed by atoms with van der Waals surface area (Å²) in [6.07, 6.45) is 4.25. The molecule has 1 saturated heterocycles. The lowest BCUT2D eigenvalue weighted by atomic mass is 9.82. The van der Waals surface area contributed by atoms with Crippen molar-refractivity contribution in [2.45, 2.75) is 51.5 Å². The summed E-state index contributed by atoms with van der Waals surface area (Å²) in [7, 11) is 0. The Hall–Kier alpha value is -2.37. The van der Waals surface area contributed by atoms with Crippen LogP contribution in [0.1, 0.15) is 43.2 Å². The Kier molecular flexibility index (Phi) is 4.30. The van der Waals surface area contributed by atoms with E-state index < -0.39 is 11.6 Å². The molecule has 1 saturated carbocycles. The van der Waals surface area contributed by atoms with Gasteiger partial charge in [0.25, 0.3) is 5.91 Å². The number of amides is 4. The highest BCUT2D eigenvalue weighted by Crippen LogP contribution is 2.33. The molecule has 0 aromatic heterocycles. The van der Waals surface area contributed by atoms with E-state index in [2.05, 4.69) is 10.6 Å². The Labute approximate surface area is 141 Å². The van der Waals surface area contributed by atoms with Crippen LogP contribution in [0.3, 0.4) is 0 Å². The van der Waals surface area contributed by atoms with E-state index in [1.807, 2.05) is 32.0 Å². The smallest absolute Gasteiger partial charge is 0.324 e. The van der Waals surface area contributed by atoms with Crippen molar-refractivity contribution < 1.29 is 14.4 Å². The maximum Gasteiger partial charge on any atom is 0.325 e. The fraction of sp³-hybridized carbons (Fsp3) is 0.500. The number of nitrogens with one attached hydrogen (secondary N) is 2. The Morgan fingerprint density at radius 3 is 2.58 bits per heavy atom. The molecule has 0 radical (unpaired) electrons. The third kappa shape index (κ3) is 3.00. The van der Waals surface area contributed by atoms with E-state index >= 15 is 0 Å². The first-order chi connectivity index (χ1) is 11.4. The highest BCUT2D eigenvalue weighted by Gasteiger charge is 2.51. The molecular formula is C18H23N3O3. The maximum absolute atomic E-state index is 12.7. The molecule has 128 valence electrons. The van der Waals surface area contributed by atoms with Crippen LogP contribution in [0.5, 0.6) is 0 Å². The Balaban J connectivity index is 1.68. The molecule has 3 rings (SSSR count). The molecular weight excluding hydrogens is 306 g/mol. The van der Waals surface area contributed by atoms with Crippen LogP contribution in [-0.2, 0) is 9.59 Å². The SMILES string of the molecule is Cc1ccc(NC(=O)CN2C(=O)NC3(CCCCC3)C2=O)c(C)c1. The number of hydrogen-bond acceptors (Lipinski definition) is 3. The summed E-state index contributed by atoms with van der Waals surface area (Å²) in [5.74, 6) is -0.624. The summed E-state index contributed by atoms with van der Waals surface area (Å²) in [6, 6.07) is 5.25. The van der Waals surface area contributed by atoms with Crippen molar-refractivity contribution >= 4 is 23.5 Å². The van der Waals surface area contributed by atoms with Crippen molar-refractivity contribution in [1.29, 1.82) is 0 Å². The molecule has 0 bridgehead atoms. The van der Waals surface area contributed by atoms with Crippen LogP contribution < -0.4 is 10.6 Å². The zero-order valence-corrected chi connectivity index (χ0v) is 14.1. The standard InChI is InChI=1S/C18H23N3O3/c1-12-6-7-14(13(2)10-12)19-15(22)11-21-16(23)18(20-17(21)24)8-4-3-5-9-18/h6-7,10H,3-5,8-9,11H2,1-2H3,(H,19,22)(H,20,24). The van der Waals surface area contributed by atoms with Gasteiger partial charge in [0.05, 0.1) is 0 Å². The third-order valence-electron chi connectivity index (χ3n) is 4.91. The molecule has 1 aromatic rings. The van der Waals surface area contributed by atoms with Gasteiger partial charge in [0.15, 0.2) is 0 Å². The average molecular weight is 329 g/mol. The van der Waals surface area contributed by atoms with Crippen LogP contribution in [0, 0.1) is 13.8 Å². The number of aryl methyl sites for hydroxylation is 2. The fourth-order valence-electron chi connectivity index (χ4n) is 3.60. The van der Waals surface area contributed by atoms with Crippen LogP contribution in [0.2, 0.25) is 0 Å². The third-order valence-corrected chi connectivity index (χ3v) is 4.91. The summed E-state index contributed by atoms with van der Waals surface area (Å²) in [5, 5.41) is 5.60. The Morgan fingerprint density at radius 1 is 1.21 bits per heavy atom. The van der Waals surface area contributed by atoms with Gasteiger partial charge in [-0.25, -0.2) is 4.79 Å². The number of hydrogen-bond donors (Lipinski definition) is 2. The fourth-order valence-corrected chi connectivity index (χ4v) is 3.60. The molecule has 1 heterocycles. The molecule has 2 N–H and O–H groups in total. The van der Waals surface area contributed by atoms with Gasteiger partial charge in [-0.05, 0) is 38.3 Å². The first-order valence-electron chi connectivity index (χ1n) is 8.42. The number of carbonyl (C=O) groups excluding carboxylic acids is 3. The van der Waals surface area contributed by atoms with Gasteiger partial charge >= 0.3 is 6.03 Å². The summed E-state index contributed by atoms with van der Waals surface area (Å²) < 4.78 is 0. The van der Waals surface area contributed by atoms with E-state index in [4.69, 9.17) is 0 Å². The zero-order chi connectivity index (χ0) is 17.3. The molecule has 1 aliphatic heterocycles. The van der Waals surface area contributed by atoms with Gasteiger partial charge in [-0.2, -0.15) is 0 Å². The van der Waals surface area contributed by atoms with Crippen LogP contribution in [0.25, 0.3) is 0 Å². The first kappa shape index (κ1) is 16.5. The minimum atomic E-state index is -0.782. The molecule has 0 unspecified atom stereocenters. The second kappa shape index (κ2) is 6.26. The molecule has 2 fully saturated rings. The second-order valence-electron chi connectivity index (χ2n) is 6.83. The highest BCUT2D eigenvalue weighted by atomic mass is 16.2. The number of carbonyl (C=O) groups is 3. The number of urea groups is 1. The maximum atomic E-state index is 12.7. The van der Waals surface area contributed by atoms with Gasteiger partial charge in [-0.15, -0.1) is 0 Å². The summed E-state index contributed by atoms with van der Waals surface area (Å²) in [6.45, 7) is 3.64. The lowest BCUT2D eigenvalue weighted by Crippen LogP contribution is -2.48. The quantitative estimate of drug-likeness (QED) is 0.836. The van der Waals surface area contributed by atoms with Crippen molar-refractivity contribution in [3.05, 3.63) is 29.3 Å². The average Bonchev–Trinajstić information content (AvgIpc) is 2.75. The van der Waals surface area contributed by atoms with Gasteiger partial charge in [0, 0.05) is 5.69 Å². The normalized spacial score (nSPS) is 19.5. The lowest BCUT2D eigenvalue weighted by Gasteiger charge is -2.30. The van der Waals surface area contributed by atoms with Gasteiger partial charge in [0.1, 0.15) is 12.1 Å². The number of benzene rings is 1. The van der Waals surface area contributed by atoms with Crippen LogP contribution in [0.4, 0.5) is 10.5 Å². The highest BCUT2D eigenvalue weighted by molar-refractivity contribution is 6.10. The van der Waals surface area contributed by atoms with Gasteiger partial charge in [0.2, 0.25) is 5.91 Å². The van der Waals surface area contributed by atoms with E-state index in [0.717, 1.165) is 35.3 Å². The van der Waals surface area contributed by atoms with E-state index in [0.29, 0.717) is 18.5 Å². The molecule has 24 heavy (non-hydrogen) atoms. The predicted molar refractivity (Wildman–Crippen MR) is 90.6 cm³/mol. The number of nitrogens with zero attached hydrogens (tertiary/aromatic N) is 1. The van der Waals surface area contributed by atoms with Crippen LogP contribution in [0.15, 0.2) is 18.2 Å². The second-order valence-corrected chi connectivity index (χ2v) is 6.83. The van der Waals surface area contributed by atoms with E-state index in [1.165, 1.54) is 0 Å². The van der Waals surface area contributed by atoms with E-state index in [-0.39, 0.29) is 18.4 Å². The van der Waals surface area contributed by atoms with Gasteiger partial charge in [-0.1, -0.05) is 37.0 Å². The number of imide groups is 1. The lowest BCUT2D eigenvalue weighted by molar-refractivity contribution is -0.134. The molecule has 1 aromatic carbocycles. The summed E-state index contributed by atoms with van der Waals surface area (Å²) >= 11 is 0. The van der Waals surface area contributed by atoms with Crippen molar-refractivity contribution in [2.24, 2.45) is 0 Å². The molecule has 1 aliphatic carbocycles. The summed E-state index contributed by atoms with van der Waals surface area (Å²) in [4.78, 5) is 38.2. The Morgan fingerprint density at radius 2 is 1.92 bits per heavy atom. The zero-order valence-electron chi connectivity index (χ0n) is 14.1. The van der Waals surface area contributed by atoms with Crippen LogP contribution >= 0.6 is 0 Å². The van der Waals surface area contributed by atoms with Crippen molar-refractivity contribution in [1.82, 2.24) is 10.2 Å². The first-order valence-corrected chi connectivity index (χ1v) is 8.42. The van der Waals surface area contributed by atoms with Gasteiger partial charge < -0.3 is 10.6 Å². The minimum Gasteiger partial charge on any atom is -0.324 e. The largest absolute Gasteiger partial charge is 0.325 e. The monoisotopic (exact) mass is 329 g/mol. The minimum absolute atomic E-state index is 0.250. The molecule has 1 spiro atoms. The summed E-state index contributed by atoms with van der Waals surface area (Å²) in [5.41, 5.74) is 1.98. The van der Waals surface area contributed by atoms with Gasteiger partial charge in [-0.3, -0.25) is 14.5 Å². The molecule has 6 nitrogen and oxygen atoms in total. The predicted octanol–water partition coefficient (Wildman–Crippen LogP) is 2.50. The molecule has 2 aliphatic rings. The van der Waals surface area contributed by atoms with Crippen molar-refractivity contribution in [2.75, 3.05) is 11.9 Å². The molecule has 0 atom stereocenters.